The van der Waals surface area contributed by atoms with Crippen LogP contribution in [0.3, 0.4) is 0 Å². The number of hydrogen-bond acceptors (Lipinski definition) is 6. The molecule has 2 atom stereocenters. The van der Waals surface area contributed by atoms with E-state index in [2.05, 4.69) is 45.8 Å². The summed E-state index contributed by atoms with van der Waals surface area (Å²) in [6, 6.07) is 18.3. The second-order valence-corrected chi connectivity index (χ2v) is 10.9. The van der Waals surface area contributed by atoms with Crippen molar-refractivity contribution in [3.05, 3.63) is 78.1 Å². The first kappa shape index (κ1) is 26.6. The van der Waals surface area contributed by atoms with Crippen molar-refractivity contribution >= 4 is 17.5 Å². The Kier molecular flexibility index (Phi) is 8.46. The molecule has 2 heterocycles. The highest BCUT2D eigenvalue weighted by molar-refractivity contribution is 5.86. The molecule has 0 bridgehead atoms. The van der Waals surface area contributed by atoms with E-state index in [1.54, 1.807) is 0 Å². The topological polar surface area (TPSA) is 86.7 Å². The fraction of sp³-hybridized carbons (Fsp3) is 0.400. The van der Waals surface area contributed by atoms with Gasteiger partial charge in [0.2, 0.25) is 0 Å². The molecule has 196 valence electrons. The molecule has 0 aliphatic carbocycles. The van der Waals surface area contributed by atoms with Gasteiger partial charge in [-0.05, 0) is 112 Å². The number of fused-ring (bicyclic) bond motifs is 1. The van der Waals surface area contributed by atoms with Crippen molar-refractivity contribution < 1.29 is 14.6 Å². The van der Waals surface area contributed by atoms with Gasteiger partial charge in [-0.1, -0.05) is 18.2 Å². The second kappa shape index (κ2) is 11.8. The number of anilines is 2. The Bertz CT molecular complexity index is 1190. The Balaban J connectivity index is 1.43. The van der Waals surface area contributed by atoms with Crippen molar-refractivity contribution in [2.24, 2.45) is 5.92 Å². The number of carbonyl (C=O) groups is 1. The molecule has 2 aromatic carbocycles. The lowest BCUT2D eigenvalue weighted by molar-refractivity contribution is 0.0636. The van der Waals surface area contributed by atoms with Gasteiger partial charge in [-0.3, -0.25) is 10.3 Å². The molecule has 37 heavy (non-hydrogen) atoms. The molecule has 1 amide bonds. The fourth-order valence-corrected chi connectivity index (χ4v) is 4.79. The maximum absolute atomic E-state index is 12.2. The number of amides is 1. The zero-order valence-corrected chi connectivity index (χ0v) is 22.2. The van der Waals surface area contributed by atoms with E-state index in [1.165, 1.54) is 11.1 Å². The van der Waals surface area contributed by atoms with Crippen LogP contribution in [-0.2, 0) is 17.7 Å². The van der Waals surface area contributed by atoms with E-state index in [1.807, 2.05) is 69.6 Å². The molecule has 0 saturated heterocycles. The first-order chi connectivity index (χ1) is 17.7. The van der Waals surface area contributed by atoms with E-state index in [0.717, 1.165) is 42.7 Å². The van der Waals surface area contributed by atoms with E-state index in [4.69, 9.17) is 4.74 Å². The molecule has 1 aromatic heterocycles. The van der Waals surface area contributed by atoms with E-state index in [-0.39, 0.29) is 12.6 Å². The zero-order valence-electron chi connectivity index (χ0n) is 22.2. The van der Waals surface area contributed by atoms with Crippen molar-refractivity contribution in [3.8, 4) is 11.1 Å². The average molecular weight is 503 g/mol. The summed E-state index contributed by atoms with van der Waals surface area (Å²) >= 11 is 0. The van der Waals surface area contributed by atoms with Gasteiger partial charge >= 0.3 is 6.09 Å². The van der Waals surface area contributed by atoms with Crippen LogP contribution in [0.1, 0.15) is 38.3 Å². The van der Waals surface area contributed by atoms with Gasteiger partial charge < -0.3 is 20.1 Å². The summed E-state index contributed by atoms with van der Waals surface area (Å²) in [4.78, 5) is 18.6. The number of nitrogens with one attached hydrogen (secondary N) is 2. The van der Waals surface area contributed by atoms with E-state index < -0.39 is 11.7 Å². The Morgan fingerprint density at radius 3 is 2.62 bits per heavy atom. The molecule has 1 aliphatic heterocycles. The maximum Gasteiger partial charge on any atom is 0.412 e. The van der Waals surface area contributed by atoms with Crippen LogP contribution in [-0.4, -0.2) is 52.9 Å². The monoisotopic (exact) mass is 502 g/mol. The number of hydrogen-bond donors (Lipinski definition) is 3. The van der Waals surface area contributed by atoms with Gasteiger partial charge in [0.25, 0.3) is 0 Å². The number of aliphatic hydroxyl groups excluding tert-OH is 1. The normalized spacial score (nSPS) is 17.1. The summed E-state index contributed by atoms with van der Waals surface area (Å²) in [6.07, 6.45) is 5.08. The summed E-state index contributed by atoms with van der Waals surface area (Å²) in [6.45, 7) is 7.46. The third-order valence-electron chi connectivity index (χ3n) is 6.62. The Labute approximate surface area is 219 Å². The van der Waals surface area contributed by atoms with Crippen molar-refractivity contribution in [2.45, 2.75) is 51.8 Å². The van der Waals surface area contributed by atoms with Crippen LogP contribution in [0.2, 0.25) is 0 Å². The Morgan fingerprint density at radius 2 is 1.89 bits per heavy atom. The molecule has 7 heteroatoms. The summed E-state index contributed by atoms with van der Waals surface area (Å²) in [5.41, 5.74) is 5.82. The van der Waals surface area contributed by atoms with E-state index in [0.29, 0.717) is 11.6 Å². The number of carbonyl (C=O) groups excluding carboxylic acids is 1. The number of rotatable bonds is 8. The fourth-order valence-electron chi connectivity index (χ4n) is 4.79. The highest BCUT2D eigenvalue weighted by Crippen LogP contribution is 2.34. The summed E-state index contributed by atoms with van der Waals surface area (Å²) in [5, 5.41) is 16.4. The second-order valence-electron chi connectivity index (χ2n) is 10.9. The van der Waals surface area contributed by atoms with Gasteiger partial charge in [0.05, 0.1) is 12.6 Å². The highest BCUT2D eigenvalue weighted by Gasteiger charge is 2.28. The van der Waals surface area contributed by atoms with Crippen LogP contribution < -0.4 is 10.6 Å². The predicted octanol–water partition coefficient (Wildman–Crippen LogP) is 5.56. The number of ether oxygens (including phenoxy) is 1. The standard InChI is InChI=1S/C30H38N4O3/c1-30(2,3)37-29(36)32-26-7-5-6-22(18-26)23-8-9-27-25(16-23)17-24(28(20-35)33-27)12-15-34(4)19-21-10-13-31-14-11-21/h5-11,13-14,16,18,24,28,33,35H,12,15,17,19-20H2,1-4H3,(H,32,36)/t24-,28+/m0/s1. The minimum absolute atomic E-state index is 0.0361. The van der Waals surface area contributed by atoms with Gasteiger partial charge in [-0.15, -0.1) is 0 Å². The Morgan fingerprint density at radius 1 is 1.14 bits per heavy atom. The number of aliphatic hydroxyl groups is 1. The largest absolute Gasteiger partial charge is 0.444 e. The van der Waals surface area contributed by atoms with Gasteiger partial charge in [0.1, 0.15) is 5.60 Å². The molecular formula is C30H38N4O3. The Hall–Kier alpha value is -3.42. The summed E-state index contributed by atoms with van der Waals surface area (Å²) < 4.78 is 5.38. The van der Waals surface area contributed by atoms with Gasteiger partial charge in [0, 0.05) is 30.3 Å². The number of pyridine rings is 1. The van der Waals surface area contributed by atoms with Crippen molar-refractivity contribution in [2.75, 3.05) is 30.8 Å². The minimum atomic E-state index is -0.552. The average Bonchev–Trinajstić information content (AvgIpc) is 2.86. The summed E-state index contributed by atoms with van der Waals surface area (Å²) in [7, 11) is 2.13. The van der Waals surface area contributed by atoms with Crippen LogP contribution in [0.4, 0.5) is 16.2 Å². The maximum atomic E-state index is 12.2. The van der Waals surface area contributed by atoms with Gasteiger partial charge in [0.15, 0.2) is 0 Å². The van der Waals surface area contributed by atoms with Crippen LogP contribution in [0.25, 0.3) is 11.1 Å². The van der Waals surface area contributed by atoms with Gasteiger partial charge in [-0.2, -0.15) is 0 Å². The molecule has 0 fully saturated rings. The quantitative estimate of drug-likeness (QED) is 0.374. The van der Waals surface area contributed by atoms with Crippen molar-refractivity contribution in [1.29, 1.82) is 0 Å². The van der Waals surface area contributed by atoms with Crippen LogP contribution in [0, 0.1) is 5.92 Å². The first-order valence-electron chi connectivity index (χ1n) is 12.9. The van der Waals surface area contributed by atoms with Crippen LogP contribution in [0.5, 0.6) is 0 Å². The molecule has 3 aromatic rings. The predicted molar refractivity (Wildman–Crippen MR) is 149 cm³/mol. The number of nitrogens with zero attached hydrogens (tertiary/aromatic N) is 2. The SMILES string of the molecule is CN(CC[C@H]1Cc2cc(-c3cccc(NC(=O)OC(C)(C)C)c3)ccc2N[C@@H]1CO)Cc1ccncc1. The molecular weight excluding hydrogens is 464 g/mol. The van der Waals surface area contributed by atoms with E-state index >= 15 is 0 Å². The summed E-state index contributed by atoms with van der Waals surface area (Å²) in [5.74, 6) is 0.327. The van der Waals surface area contributed by atoms with Crippen molar-refractivity contribution in [3.63, 3.8) is 0 Å². The smallest absolute Gasteiger partial charge is 0.412 e. The van der Waals surface area contributed by atoms with Crippen LogP contribution >= 0.6 is 0 Å². The molecule has 1 aliphatic rings. The lowest BCUT2D eigenvalue weighted by atomic mass is 9.84. The minimum Gasteiger partial charge on any atom is -0.444 e. The van der Waals surface area contributed by atoms with Gasteiger partial charge in [-0.25, -0.2) is 4.79 Å². The number of benzene rings is 2. The zero-order chi connectivity index (χ0) is 26.4. The van der Waals surface area contributed by atoms with Crippen LogP contribution in [0.15, 0.2) is 67.0 Å². The molecule has 0 unspecified atom stereocenters. The molecule has 0 radical (unpaired) electrons. The van der Waals surface area contributed by atoms with Crippen molar-refractivity contribution in [1.82, 2.24) is 9.88 Å². The lowest BCUT2D eigenvalue weighted by Crippen LogP contribution is -2.39. The lowest BCUT2D eigenvalue weighted by Gasteiger charge is -2.35. The van der Waals surface area contributed by atoms with E-state index in [9.17, 15) is 9.90 Å². The molecule has 0 spiro atoms. The molecule has 7 nitrogen and oxygen atoms in total. The highest BCUT2D eigenvalue weighted by atomic mass is 16.6. The molecule has 0 saturated carbocycles. The third-order valence-corrected chi connectivity index (χ3v) is 6.62. The molecule has 3 N–H and O–H groups in total. The third kappa shape index (κ3) is 7.54. The molecule has 4 rings (SSSR count). The number of aromatic nitrogens is 1. The first-order valence-corrected chi connectivity index (χ1v) is 12.9.